The number of nitrogens with zero attached hydrogens (tertiary/aromatic N) is 5. The third-order valence-corrected chi connectivity index (χ3v) is 7.13. The standard InChI is InChI=1S/C30H22Cl2N6O4/c1-17-8-7-13-37-26(17)35-28(42-24-12-11-20(31)15-23(24)32)22(29(37)40)14-19(16-33)27(39)34-25-18(2)36(3)38(30(25)41)21-9-5-4-6-10-21/h4-15H,1-3H3,(H,34,39)/b19-14+. The second kappa shape index (κ2) is 11.4. The number of halogens is 2. The molecule has 0 bridgehead atoms. The van der Waals surface area contributed by atoms with Crippen molar-refractivity contribution in [3.8, 4) is 23.4 Å². The molecule has 2 aromatic carbocycles. The van der Waals surface area contributed by atoms with Crippen molar-refractivity contribution in [2.45, 2.75) is 13.8 Å². The van der Waals surface area contributed by atoms with Crippen LogP contribution in [-0.2, 0) is 11.8 Å². The van der Waals surface area contributed by atoms with Crippen LogP contribution < -0.4 is 21.2 Å². The summed E-state index contributed by atoms with van der Waals surface area (Å²) in [7, 11) is 1.68. The molecular formula is C30H22Cl2N6O4. The lowest BCUT2D eigenvalue weighted by atomic mass is 10.1. The Hall–Kier alpha value is -5.11. The van der Waals surface area contributed by atoms with Crippen LogP contribution in [0.1, 0.15) is 16.8 Å². The summed E-state index contributed by atoms with van der Waals surface area (Å²) in [6.07, 6.45) is 2.59. The highest BCUT2D eigenvalue weighted by Gasteiger charge is 2.22. The van der Waals surface area contributed by atoms with Gasteiger partial charge in [0.05, 0.1) is 16.4 Å². The van der Waals surface area contributed by atoms with Crippen molar-refractivity contribution in [1.82, 2.24) is 18.7 Å². The zero-order chi connectivity index (χ0) is 30.1. The number of aromatic nitrogens is 4. The molecule has 210 valence electrons. The van der Waals surface area contributed by atoms with Gasteiger partial charge in [0.2, 0.25) is 5.88 Å². The number of carbonyl (C=O) groups is 1. The van der Waals surface area contributed by atoms with Gasteiger partial charge in [0, 0.05) is 18.3 Å². The van der Waals surface area contributed by atoms with Crippen molar-refractivity contribution >= 4 is 46.5 Å². The zero-order valence-electron chi connectivity index (χ0n) is 22.6. The Morgan fingerprint density at radius 1 is 1.05 bits per heavy atom. The van der Waals surface area contributed by atoms with Gasteiger partial charge >= 0.3 is 0 Å². The highest BCUT2D eigenvalue weighted by atomic mass is 35.5. The van der Waals surface area contributed by atoms with E-state index in [1.54, 1.807) is 68.0 Å². The number of carbonyl (C=O) groups excluding carboxylic acids is 1. The molecule has 0 radical (unpaired) electrons. The normalized spacial score (nSPS) is 11.4. The molecule has 0 aliphatic heterocycles. The van der Waals surface area contributed by atoms with Crippen LogP contribution in [0.2, 0.25) is 10.0 Å². The first-order valence-electron chi connectivity index (χ1n) is 12.5. The summed E-state index contributed by atoms with van der Waals surface area (Å²) >= 11 is 12.3. The molecule has 0 spiro atoms. The zero-order valence-corrected chi connectivity index (χ0v) is 24.1. The van der Waals surface area contributed by atoms with Gasteiger partial charge in [-0.05, 0) is 61.9 Å². The number of aryl methyl sites for hydroxylation is 1. The minimum Gasteiger partial charge on any atom is -0.437 e. The smallest absolute Gasteiger partial charge is 0.295 e. The van der Waals surface area contributed by atoms with Crippen molar-refractivity contribution < 1.29 is 9.53 Å². The number of fused-ring (bicyclic) bond motifs is 1. The molecule has 1 amide bonds. The van der Waals surface area contributed by atoms with Crippen LogP contribution in [0.3, 0.4) is 0 Å². The average molecular weight is 601 g/mol. The molecule has 5 aromatic rings. The largest absolute Gasteiger partial charge is 0.437 e. The lowest BCUT2D eigenvalue weighted by Crippen LogP contribution is -2.24. The molecule has 0 fully saturated rings. The van der Waals surface area contributed by atoms with Crippen LogP contribution in [0.5, 0.6) is 11.6 Å². The number of nitriles is 1. The fourth-order valence-corrected chi connectivity index (χ4v) is 4.79. The second-order valence-corrected chi connectivity index (χ2v) is 10.1. The lowest BCUT2D eigenvalue weighted by Gasteiger charge is -2.12. The van der Waals surface area contributed by atoms with E-state index < -0.39 is 22.6 Å². The first kappa shape index (κ1) is 28.4. The monoisotopic (exact) mass is 600 g/mol. The van der Waals surface area contributed by atoms with E-state index in [1.165, 1.54) is 27.4 Å². The highest BCUT2D eigenvalue weighted by molar-refractivity contribution is 6.35. The van der Waals surface area contributed by atoms with Gasteiger partial charge in [-0.3, -0.25) is 23.5 Å². The van der Waals surface area contributed by atoms with Crippen molar-refractivity contribution in [2.24, 2.45) is 7.05 Å². The topological polar surface area (TPSA) is 123 Å². The molecule has 12 heteroatoms. The van der Waals surface area contributed by atoms with E-state index in [2.05, 4.69) is 10.3 Å². The first-order chi connectivity index (χ1) is 20.1. The number of nitrogens with one attached hydrogen (secondary N) is 1. The molecule has 10 nitrogen and oxygen atoms in total. The van der Waals surface area contributed by atoms with Gasteiger partial charge in [0.1, 0.15) is 34.3 Å². The number of pyridine rings is 1. The SMILES string of the molecule is Cc1cccn2c(=O)c(/C=C(\C#N)C(=O)Nc3c(C)n(C)n(-c4ccccc4)c3=O)c(Oc3ccc(Cl)cc3Cl)nc12. The van der Waals surface area contributed by atoms with Crippen LogP contribution >= 0.6 is 23.2 Å². The molecule has 42 heavy (non-hydrogen) atoms. The summed E-state index contributed by atoms with van der Waals surface area (Å²) in [4.78, 5) is 44.7. The predicted molar refractivity (Wildman–Crippen MR) is 161 cm³/mol. The molecule has 0 atom stereocenters. The lowest BCUT2D eigenvalue weighted by molar-refractivity contribution is -0.112. The van der Waals surface area contributed by atoms with Gasteiger partial charge in [-0.2, -0.15) is 10.2 Å². The van der Waals surface area contributed by atoms with Crippen molar-refractivity contribution in [2.75, 3.05) is 5.32 Å². The maximum absolute atomic E-state index is 13.6. The van der Waals surface area contributed by atoms with Crippen LogP contribution in [-0.4, -0.2) is 24.7 Å². The molecule has 1 N–H and O–H groups in total. The minimum absolute atomic E-state index is 0.0131. The number of benzene rings is 2. The number of hydrogen-bond acceptors (Lipinski definition) is 6. The van der Waals surface area contributed by atoms with E-state index in [4.69, 9.17) is 27.9 Å². The molecule has 0 unspecified atom stereocenters. The summed E-state index contributed by atoms with van der Waals surface area (Å²) in [6, 6.07) is 18.7. The van der Waals surface area contributed by atoms with E-state index in [0.717, 1.165) is 6.08 Å². The predicted octanol–water partition coefficient (Wildman–Crippen LogP) is 5.45. The van der Waals surface area contributed by atoms with Gasteiger partial charge in [-0.25, -0.2) is 4.68 Å². The van der Waals surface area contributed by atoms with Crippen molar-refractivity contribution in [3.05, 3.63) is 120 Å². The number of hydrogen-bond donors (Lipinski definition) is 1. The third-order valence-electron chi connectivity index (χ3n) is 6.60. The third kappa shape index (κ3) is 5.19. The number of amides is 1. The van der Waals surface area contributed by atoms with E-state index in [-0.39, 0.29) is 27.9 Å². The van der Waals surface area contributed by atoms with Gasteiger partial charge in [-0.15, -0.1) is 0 Å². The maximum atomic E-state index is 13.6. The molecular weight excluding hydrogens is 579 g/mol. The molecule has 0 saturated heterocycles. The van der Waals surface area contributed by atoms with E-state index >= 15 is 0 Å². The number of para-hydroxylation sites is 1. The van der Waals surface area contributed by atoms with Crippen LogP contribution in [0.15, 0.2) is 82.0 Å². The fraction of sp³-hybridized carbons (Fsp3) is 0.100. The van der Waals surface area contributed by atoms with Crippen molar-refractivity contribution in [3.63, 3.8) is 0 Å². The number of anilines is 1. The molecule has 3 heterocycles. The summed E-state index contributed by atoms with van der Waals surface area (Å²) < 4.78 is 10.2. The molecule has 0 aliphatic rings. The van der Waals surface area contributed by atoms with Gasteiger partial charge in [-0.1, -0.05) is 47.5 Å². The van der Waals surface area contributed by atoms with E-state index in [9.17, 15) is 19.6 Å². The Kier molecular flexibility index (Phi) is 7.72. The van der Waals surface area contributed by atoms with Gasteiger partial charge in [0.25, 0.3) is 17.0 Å². The quantitative estimate of drug-likeness (QED) is 0.204. The summed E-state index contributed by atoms with van der Waals surface area (Å²) in [5, 5.41) is 13.0. The Balaban J connectivity index is 1.61. The maximum Gasteiger partial charge on any atom is 0.295 e. The van der Waals surface area contributed by atoms with Crippen LogP contribution in [0.25, 0.3) is 17.4 Å². The fourth-order valence-electron chi connectivity index (χ4n) is 4.34. The summed E-state index contributed by atoms with van der Waals surface area (Å²) in [5.41, 5.74) is 0.318. The molecule has 3 aromatic heterocycles. The second-order valence-electron chi connectivity index (χ2n) is 9.26. The number of ether oxygens (including phenoxy) is 1. The van der Waals surface area contributed by atoms with Gasteiger partial charge < -0.3 is 10.1 Å². The Labute approximate surface area is 249 Å². The molecule has 0 aliphatic carbocycles. The molecule has 0 saturated carbocycles. The average Bonchev–Trinajstić information content (AvgIpc) is 3.18. The highest BCUT2D eigenvalue weighted by Crippen LogP contribution is 2.32. The van der Waals surface area contributed by atoms with Crippen LogP contribution in [0, 0.1) is 25.2 Å². The summed E-state index contributed by atoms with van der Waals surface area (Å²) in [6.45, 7) is 3.44. The van der Waals surface area contributed by atoms with Crippen molar-refractivity contribution in [1.29, 1.82) is 5.26 Å². The van der Waals surface area contributed by atoms with E-state index in [1.807, 2.05) is 12.1 Å². The minimum atomic E-state index is -0.896. The number of rotatable bonds is 6. The van der Waals surface area contributed by atoms with Crippen LogP contribution in [0.4, 0.5) is 5.69 Å². The molecule has 5 rings (SSSR count). The van der Waals surface area contributed by atoms with Gasteiger partial charge in [0.15, 0.2) is 0 Å². The first-order valence-corrected chi connectivity index (χ1v) is 13.3. The summed E-state index contributed by atoms with van der Waals surface area (Å²) in [5.74, 6) is -0.918. The Bertz CT molecular complexity index is 2070. The Morgan fingerprint density at radius 2 is 1.79 bits per heavy atom. The van der Waals surface area contributed by atoms with E-state index in [0.29, 0.717) is 27.6 Å². The Morgan fingerprint density at radius 3 is 2.48 bits per heavy atom.